The van der Waals surface area contributed by atoms with Crippen LogP contribution in [0.2, 0.25) is 0 Å². The highest BCUT2D eigenvalue weighted by molar-refractivity contribution is 5.91. The van der Waals surface area contributed by atoms with Crippen molar-refractivity contribution >= 4 is 10.8 Å². The lowest BCUT2D eigenvalue weighted by molar-refractivity contribution is 0.413. The number of rotatable bonds is 4. The minimum atomic E-state index is 0.517. The highest BCUT2D eigenvalue weighted by atomic mass is 16.5. The first-order valence-corrected chi connectivity index (χ1v) is 6.84. The van der Waals surface area contributed by atoms with Crippen LogP contribution < -0.4 is 15.2 Å². The van der Waals surface area contributed by atoms with E-state index in [2.05, 4.69) is 6.07 Å². The fourth-order valence-corrected chi connectivity index (χ4v) is 2.37. The SMILES string of the molecule is COc1ccc(Oc2ccc(CN)c3ccccc23)cc1. The Morgan fingerprint density at radius 3 is 2.14 bits per heavy atom. The summed E-state index contributed by atoms with van der Waals surface area (Å²) in [5, 5.41) is 2.20. The Morgan fingerprint density at radius 2 is 1.48 bits per heavy atom. The molecule has 0 aromatic heterocycles. The van der Waals surface area contributed by atoms with Crippen LogP contribution in [0.25, 0.3) is 10.8 Å². The zero-order chi connectivity index (χ0) is 14.7. The molecule has 0 radical (unpaired) electrons. The largest absolute Gasteiger partial charge is 0.497 e. The van der Waals surface area contributed by atoms with Crippen molar-refractivity contribution in [3.63, 3.8) is 0 Å². The van der Waals surface area contributed by atoms with Crippen molar-refractivity contribution in [2.45, 2.75) is 6.54 Å². The van der Waals surface area contributed by atoms with Gasteiger partial charge in [0.25, 0.3) is 0 Å². The molecular formula is C18H17NO2. The third kappa shape index (κ3) is 2.69. The van der Waals surface area contributed by atoms with Gasteiger partial charge in [-0.25, -0.2) is 0 Å². The van der Waals surface area contributed by atoms with Gasteiger partial charge in [-0.15, -0.1) is 0 Å². The Bertz CT molecular complexity index is 751. The van der Waals surface area contributed by atoms with E-state index in [0.717, 1.165) is 33.6 Å². The monoisotopic (exact) mass is 279 g/mol. The first kappa shape index (κ1) is 13.5. The number of fused-ring (bicyclic) bond motifs is 1. The van der Waals surface area contributed by atoms with Gasteiger partial charge in [0.05, 0.1) is 7.11 Å². The van der Waals surface area contributed by atoms with Crippen LogP contribution in [-0.2, 0) is 6.54 Å². The molecule has 0 atom stereocenters. The van der Waals surface area contributed by atoms with E-state index >= 15 is 0 Å². The molecule has 3 aromatic carbocycles. The quantitative estimate of drug-likeness (QED) is 0.782. The zero-order valence-electron chi connectivity index (χ0n) is 11.9. The van der Waals surface area contributed by atoms with E-state index in [9.17, 15) is 0 Å². The second-order valence-electron chi connectivity index (χ2n) is 4.75. The number of hydrogen-bond donors (Lipinski definition) is 1. The Morgan fingerprint density at radius 1 is 0.810 bits per heavy atom. The second-order valence-corrected chi connectivity index (χ2v) is 4.75. The lowest BCUT2D eigenvalue weighted by Crippen LogP contribution is -1.97. The molecule has 0 bridgehead atoms. The molecule has 3 aromatic rings. The van der Waals surface area contributed by atoms with Gasteiger partial charge in [0, 0.05) is 11.9 Å². The van der Waals surface area contributed by atoms with E-state index in [1.54, 1.807) is 7.11 Å². The van der Waals surface area contributed by atoms with Crippen molar-refractivity contribution in [1.82, 2.24) is 0 Å². The van der Waals surface area contributed by atoms with Gasteiger partial charge in [-0.2, -0.15) is 0 Å². The fourth-order valence-electron chi connectivity index (χ4n) is 2.37. The van der Waals surface area contributed by atoms with Crippen molar-refractivity contribution in [3.05, 3.63) is 66.2 Å². The molecule has 3 heteroatoms. The predicted octanol–water partition coefficient (Wildman–Crippen LogP) is 4.10. The summed E-state index contributed by atoms with van der Waals surface area (Å²) in [4.78, 5) is 0. The van der Waals surface area contributed by atoms with Crippen molar-refractivity contribution < 1.29 is 9.47 Å². The van der Waals surface area contributed by atoms with Crippen molar-refractivity contribution in [1.29, 1.82) is 0 Å². The zero-order valence-corrected chi connectivity index (χ0v) is 11.9. The highest BCUT2D eigenvalue weighted by Crippen LogP contribution is 2.32. The number of ether oxygens (including phenoxy) is 2. The van der Waals surface area contributed by atoms with Crippen LogP contribution in [0.15, 0.2) is 60.7 Å². The van der Waals surface area contributed by atoms with E-state index in [-0.39, 0.29) is 0 Å². The molecule has 0 heterocycles. The number of benzene rings is 3. The summed E-state index contributed by atoms with van der Waals surface area (Å²) in [6.07, 6.45) is 0. The summed E-state index contributed by atoms with van der Waals surface area (Å²) in [7, 11) is 1.65. The Labute approximate surface area is 123 Å². The van der Waals surface area contributed by atoms with Crippen LogP contribution in [0, 0.1) is 0 Å². The molecule has 0 aliphatic carbocycles. The van der Waals surface area contributed by atoms with Gasteiger partial charge in [0.2, 0.25) is 0 Å². The summed E-state index contributed by atoms with van der Waals surface area (Å²) < 4.78 is 11.1. The molecule has 0 saturated carbocycles. The topological polar surface area (TPSA) is 44.5 Å². The smallest absolute Gasteiger partial charge is 0.135 e. The molecule has 106 valence electrons. The molecule has 0 saturated heterocycles. The summed E-state index contributed by atoms with van der Waals surface area (Å²) >= 11 is 0. The molecule has 0 fully saturated rings. The molecule has 3 rings (SSSR count). The van der Waals surface area contributed by atoms with Gasteiger partial charge in [-0.1, -0.05) is 30.3 Å². The van der Waals surface area contributed by atoms with Crippen molar-refractivity contribution in [2.75, 3.05) is 7.11 Å². The van der Waals surface area contributed by atoms with Gasteiger partial charge in [0.15, 0.2) is 0 Å². The van der Waals surface area contributed by atoms with Crippen molar-refractivity contribution in [3.8, 4) is 17.2 Å². The van der Waals surface area contributed by atoms with Crippen LogP contribution in [0.1, 0.15) is 5.56 Å². The molecule has 0 amide bonds. The first-order chi connectivity index (χ1) is 10.3. The van der Waals surface area contributed by atoms with E-state index in [1.165, 1.54) is 0 Å². The maximum absolute atomic E-state index is 5.99. The molecule has 0 spiro atoms. The third-order valence-corrected chi connectivity index (χ3v) is 3.48. The molecule has 3 nitrogen and oxygen atoms in total. The molecule has 21 heavy (non-hydrogen) atoms. The lowest BCUT2D eigenvalue weighted by atomic mass is 10.0. The first-order valence-electron chi connectivity index (χ1n) is 6.84. The summed E-state index contributed by atoms with van der Waals surface area (Å²) in [6, 6.07) is 19.7. The van der Waals surface area contributed by atoms with Gasteiger partial charge in [0.1, 0.15) is 17.2 Å². The van der Waals surface area contributed by atoms with Crippen LogP contribution in [-0.4, -0.2) is 7.11 Å². The maximum atomic E-state index is 5.99. The Hall–Kier alpha value is -2.52. The van der Waals surface area contributed by atoms with Gasteiger partial charge >= 0.3 is 0 Å². The lowest BCUT2D eigenvalue weighted by Gasteiger charge is -2.12. The second kappa shape index (κ2) is 5.85. The summed E-state index contributed by atoms with van der Waals surface area (Å²) in [5.74, 6) is 2.42. The molecule has 0 aliphatic rings. The van der Waals surface area contributed by atoms with Gasteiger partial charge in [-0.3, -0.25) is 0 Å². The maximum Gasteiger partial charge on any atom is 0.135 e. The van der Waals surface area contributed by atoms with Gasteiger partial charge in [-0.05, 0) is 41.3 Å². The van der Waals surface area contributed by atoms with E-state index < -0.39 is 0 Å². The number of hydrogen-bond acceptors (Lipinski definition) is 3. The minimum absolute atomic E-state index is 0.517. The van der Waals surface area contributed by atoms with E-state index in [4.69, 9.17) is 15.2 Å². The Kier molecular flexibility index (Phi) is 3.75. The standard InChI is InChI=1S/C18H17NO2/c1-20-14-7-9-15(10-8-14)21-18-11-6-13(12-19)16-4-2-3-5-17(16)18/h2-11H,12,19H2,1H3. The Balaban J connectivity index is 2.00. The summed E-state index contributed by atoms with van der Waals surface area (Å²) in [6.45, 7) is 0.517. The van der Waals surface area contributed by atoms with Crippen LogP contribution >= 0.6 is 0 Å². The normalized spacial score (nSPS) is 10.6. The van der Waals surface area contributed by atoms with Crippen molar-refractivity contribution in [2.24, 2.45) is 5.73 Å². The number of nitrogens with two attached hydrogens (primary N) is 1. The van der Waals surface area contributed by atoms with Crippen LogP contribution in [0.4, 0.5) is 0 Å². The summed E-state index contributed by atoms with van der Waals surface area (Å²) in [5.41, 5.74) is 6.91. The molecule has 2 N–H and O–H groups in total. The molecule has 0 aliphatic heterocycles. The van der Waals surface area contributed by atoms with E-state index in [1.807, 2.05) is 54.6 Å². The molecular weight excluding hydrogens is 262 g/mol. The molecule has 0 unspecified atom stereocenters. The minimum Gasteiger partial charge on any atom is -0.497 e. The third-order valence-electron chi connectivity index (χ3n) is 3.48. The van der Waals surface area contributed by atoms with Crippen LogP contribution in [0.5, 0.6) is 17.2 Å². The van der Waals surface area contributed by atoms with E-state index in [0.29, 0.717) is 6.54 Å². The van der Waals surface area contributed by atoms with Crippen LogP contribution in [0.3, 0.4) is 0 Å². The number of methoxy groups -OCH3 is 1. The average Bonchev–Trinajstić information content (AvgIpc) is 2.56. The fraction of sp³-hybridized carbons (Fsp3) is 0.111. The van der Waals surface area contributed by atoms with Gasteiger partial charge < -0.3 is 15.2 Å². The highest BCUT2D eigenvalue weighted by Gasteiger charge is 2.06. The predicted molar refractivity (Wildman–Crippen MR) is 84.9 cm³/mol. The average molecular weight is 279 g/mol.